The molecule has 1 aromatic rings. The first kappa shape index (κ1) is 10.8. The molecule has 80 valence electrons. The van der Waals surface area contributed by atoms with Gasteiger partial charge in [-0.3, -0.25) is 0 Å². The number of rotatable bonds is 3. The van der Waals surface area contributed by atoms with Crippen LogP contribution in [0.1, 0.15) is 5.56 Å². The normalized spacial score (nSPS) is 25.4. The summed E-state index contributed by atoms with van der Waals surface area (Å²) < 4.78 is 11.7. The maximum Gasteiger partial charge on any atom is 0.162 e. The molecule has 2 unspecified atom stereocenters. The zero-order valence-electron chi connectivity index (χ0n) is 8.06. The van der Waals surface area contributed by atoms with Crippen molar-refractivity contribution >= 4 is 22.2 Å². The Kier molecular flexibility index (Phi) is 3.51. The van der Waals surface area contributed by atoms with Crippen molar-refractivity contribution in [2.24, 2.45) is 0 Å². The van der Waals surface area contributed by atoms with Crippen LogP contribution in [0.25, 0.3) is 0 Å². The lowest BCUT2D eigenvalue weighted by Gasteiger charge is -2.09. The highest BCUT2D eigenvalue weighted by atomic mass is 79.9. The first-order valence-electron chi connectivity index (χ1n) is 4.75. The van der Waals surface area contributed by atoms with E-state index >= 15 is 0 Å². The molecule has 2 atom stereocenters. The fourth-order valence-electron chi connectivity index (χ4n) is 1.47. The number of hydrogen-bond donors (Lipinski definition) is 0. The highest BCUT2D eigenvalue weighted by Crippen LogP contribution is 2.17. The van der Waals surface area contributed by atoms with Crippen LogP contribution in [0.3, 0.4) is 0 Å². The first-order valence-corrected chi connectivity index (χ1v) is 5.54. The zero-order valence-corrected chi connectivity index (χ0v) is 9.64. The van der Waals surface area contributed by atoms with E-state index in [0.717, 1.165) is 16.3 Å². The number of benzene rings is 1. The van der Waals surface area contributed by atoms with E-state index in [1.54, 1.807) is 0 Å². The van der Waals surface area contributed by atoms with E-state index in [4.69, 9.17) is 9.47 Å². The van der Waals surface area contributed by atoms with Gasteiger partial charge in [-0.05, 0) is 17.7 Å². The van der Waals surface area contributed by atoms with E-state index in [0.29, 0.717) is 13.0 Å². The first-order chi connectivity index (χ1) is 7.28. The summed E-state index contributed by atoms with van der Waals surface area (Å²) in [5, 5.41) is 0. The summed E-state index contributed by atoms with van der Waals surface area (Å²) in [6, 6.07) is 7.96. The van der Waals surface area contributed by atoms with Gasteiger partial charge in [0.25, 0.3) is 0 Å². The minimum Gasteiger partial charge on any atom is -0.349 e. The molecule has 0 aliphatic carbocycles. The van der Waals surface area contributed by atoms with Crippen LogP contribution in [0.5, 0.6) is 0 Å². The van der Waals surface area contributed by atoms with Gasteiger partial charge >= 0.3 is 0 Å². The summed E-state index contributed by atoms with van der Waals surface area (Å²) in [6.07, 6.45) is 0.769. The van der Waals surface area contributed by atoms with Gasteiger partial charge in [-0.15, -0.1) is 0 Å². The number of ether oxygens (including phenoxy) is 2. The third kappa shape index (κ3) is 2.87. The standard InChI is InChI=1S/C11H11BrO3/c12-9-3-1-8(2-4-9)5-11-14-7-10(6-13)15-11/h1-4,6,10-11H,5,7H2. The third-order valence-corrected chi connectivity index (χ3v) is 2.77. The van der Waals surface area contributed by atoms with Gasteiger partial charge in [0.05, 0.1) is 6.61 Å². The van der Waals surface area contributed by atoms with Crippen molar-refractivity contribution < 1.29 is 14.3 Å². The minimum atomic E-state index is -0.398. The van der Waals surface area contributed by atoms with Gasteiger partial charge in [-0.1, -0.05) is 28.1 Å². The van der Waals surface area contributed by atoms with Crippen molar-refractivity contribution in [3.63, 3.8) is 0 Å². The molecule has 1 heterocycles. The van der Waals surface area contributed by atoms with Crippen molar-refractivity contribution in [3.05, 3.63) is 34.3 Å². The van der Waals surface area contributed by atoms with Crippen molar-refractivity contribution in [3.8, 4) is 0 Å². The van der Waals surface area contributed by atoms with Gasteiger partial charge in [0.1, 0.15) is 6.10 Å². The largest absolute Gasteiger partial charge is 0.349 e. The number of aldehydes is 1. The van der Waals surface area contributed by atoms with Gasteiger partial charge in [-0.25, -0.2) is 0 Å². The van der Waals surface area contributed by atoms with Gasteiger partial charge in [0.2, 0.25) is 0 Å². The lowest BCUT2D eigenvalue weighted by molar-refractivity contribution is -0.119. The van der Waals surface area contributed by atoms with Gasteiger partial charge in [-0.2, -0.15) is 0 Å². The third-order valence-electron chi connectivity index (χ3n) is 2.24. The Morgan fingerprint density at radius 2 is 2.13 bits per heavy atom. The second-order valence-corrected chi connectivity index (χ2v) is 4.32. The molecule has 1 aliphatic rings. The molecule has 15 heavy (non-hydrogen) atoms. The molecule has 3 nitrogen and oxygen atoms in total. The molecule has 0 saturated carbocycles. The van der Waals surface area contributed by atoms with Crippen molar-refractivity contribution in [2.45, 2.75) is 18.8 Å². The van der Waals surface area contributed by atoms with Crippen LogP contribution in [-0.4, -0.2) is 25.3 Å². The fourth-order valence-corrected chi connectivity index (χ4v) is 1.73. The molecule has 1 aromatic carbocycles. The van der Waals surface area contributed by atoms with Crippen LogP contribution in [0.15, 0.2) is 28.7 Å². The molecule has 1 fully saturated rings. The van der Waals surface area contributed by atoms with Gasteiger partial charge in [0.15, 0.2) is 12.6 Å². The summed E-state index contributed by atoms with van der Waals surface area (Å²) in [4.78, 5) is 10.4. The zero-order chi connectivity index (χ0) is 10.7. The average molecular weight is 271 g/mol. The SMILES string of the molecule is O=CC1COC(Cc2ccc(Br)cc2)O1. The average Bonchev–Trinajstić information content (AvgIpc) is 2.69. The number of halogens is 1. The summed E-state index contributed by atoms with van der Waals surface area (Å²) >= 11 is 3.37. The molecule has 0 radical (unpaired) electrons. The van der Waals surface area contributed by atoms with E-state index in [1.807, 2.05) is 24.3 Å². The Morgan fingerprint density at radius 1 is 1.40 bits per heavy atom. The van der Waals surface area contributed by atoms with Crippen molar-refractivity contribution in [2.75, 3.05) is 6.61 Å². The molecular formula is C11H11BrO3. The molecule has 0 bridgehead atoms. The topological polar surface area (TPSA) is 35.5 Å². The van der Waals surface area contributed by atoms with Crippen LogP contribution in [0.2, 0.25) is 0 Å². The molecule has 0 N–H and O–H groups in total. The minimum absolute atomic E-state index is 0.290. The molecule has 4 heteroatoms. The molecule has 0 amide bonds. The van der Waals surface area contributed by atoms with Crippen LogP contribution in [0, 0.1) is 0 Å². The highest BCUT2D eigenvalue weighted by Gasteiger charge is 2.25. The monoisotopic (exact) mass is 270 g/mol. The summed E-state index contributed by atoms with van der Waals surface area (Å²) in [7, 11) is 0. The quantitative estimate of drug-likeness (QED) is 0.788. The Bertz CT molecular complexity index is 336. The van der Waals surface area contributed by atoms with Gasteiger partial charge < -0.3 is 14.3 Å². The fraction of sp³-hybridized carbons (Fsp3) is 0.364. The smallest absolute Gasteiger partial charge is 0.162 e. The Labute approximate surface area is 96.5 Å². The predicted octanol–water partition coefficient (Wildman–Crippen LogP) is 1.93. The summed E-state index contributed by atoms with van der Waals surface area (Å²) in [5.41, 5.74) is 1.13. The predicted molar refractivity (Wildman–Crippen MR) is 58.5 cm³/mol. The van der Waals surface area contributed by atoms with E-state index in [-0.39, 0.29) is 6.29 Å². The molecule has 0 aromatic heterocycles. The Morgan fingerprint density at radius 3 is 2.73 bits per heavy atom. The van der Waals surface area contributed by atoms with Crippen LogP contribution < -0.4 is 0 Å². The maximum atomic E-state index is 10.4. The van der Waals surface area contributed by atoms with Gasteiger partial charge in [0, 0.05) is 10.9 Å². The van der Waals surface area contributed by atoms with Crippen molar-refractivity contribution in [1.82, 2.24) is 0 Å². The molecular weight excluding hydrogens is 260 g/mol. The van der Waals surface area contributed by atoms with Crippen LogP contribution in [0.4, 0.5) is 0 Å². The second kappa shape index (κ2) is 4.88. The second-order valence-electron chi connectivity index (χ2n) is 3.40. The molecule has 0 spiro atoms. The van der Waals surface area contributed by atoms with E-state index in [9.17, 15) is 4.79 Å². The summed E-state index contributed by atoms with van der Waals surface area (Å²) in [5.74, 6) is 0. The Hall–Kier alpha value is -0.710. The number of carbonyl (C=O) groups excluding carboxylic acids is 1. The van der Waals surface area contributed by atoms with Crippen LogP contribution >= 0.6 is 15.9 Å². The van der Waals surface area contributed by atoms with E-state index in [2.05, 4.69) is 15.9 Å². The van der Waals surface area contributed by atoms with Crippen LogP contribution in [-0.2, 0) is 20.7 Å². The van der Waals surface area contributed by atoms with Crippen molar-refractivity contribution in [1.29, 1.82) is 0 Å². The Balaban J connectivity index is 1.92. The lowest BCUT2D eigenvalue weighted by atomic mass is 10.1. The lowest BCUT2D eigenvalue weighted by Crippen LogP contribution is -2.15. The molecule has 1 saturated heterocycles. The summed E-state index contributed by atoms with van der Waals surface area (Å²) in [6.45, 7) is 0.366. The van der Waals surface area contributed by atoms with E-state index < -0.39 is 6.10 Å². The molecule has 1 aliphatic heterocycles. The number of hydrogen-bond acceptors (Lipinski definition) is 3. The highest BCUT2D eigenvalue weighted by molar-refractivity contribution is 9.10. The number of carbonyl (C=O) groups is 1. The van der Waals surface area contributed by atoms with E-state index in [1.165, 1.54) is 0 Å². The maximum absolute atomic E-state index is 10.4. The molecule has 2 rings (SSSR count).